The SMILES string of the molecule is Nc1cc(C(=O)N(CCc2ccccc2)Cc2ccccc2)cc2nc(-c3cccnc3)nn12. The summed E-state index contributed by atoms with van der Waals surface area (Å²) in [5.74, 6) is 0.765. The smallest absolute Gasteiger partial charge is 0.254 e. The quantitative estimate of drug-likeness (QED) is 0.402. The van der Waals surface area contributed by atoms with Crippen LogP contribution in [0.1, 0.15) is 21.5 Å². The number of rotatable bonds is 7. The zero-order chi connectivity index (χ0) is 23.3. The average Bonchev–Trinajstić information content (AvgIpc) is 3.33. The molecule has 2 N–H and O–H groups in total. The number of hydrogen-bond acceptors (Lipinski definition) is 5. The summed E-state index contributed by atoms with van der Waals surface area (Å²) in [7, 11) is 0. The molecule has 3 aromatic heterocycles. The monoisotopic (exact) mass is 448 g/mol. The lowest BCUT2D eigenvalue weighted by atomic mass is 10.1. The van der Waals surface area contributed by atoms with Crippen LogP contribution in [0.4, 0.5) is 5.82 Å². The van der Waals surface area contributed by atoms with Gasteiger partial charge in [-0.15, -0.1) is 5.10 Å². The molecular weight excluding hydrogens is 424 g/mol. The van der Waals surface area contributed by atoms with Crippen molar-refractivity contribution in [3.05, 3.63) is 114 Å². The first kappa shape index (κ1) is 21.3. The lowest BCUT2D eigenvalue weighted by molar-refractivity contribution is 0.0745. The summed E-state index contributed by atoms with van der Waals surface area (Å²) in [5.41, 5.74) is 10.3. The normalized spacial score (nSPS) is 10.9. The Morgan fingerprint density at radius 3 is 2.35 bits per heavy atom. The van der Waals surface area contributed by atoms with Crippen LogP contribution in [0.5, 0.6) is 0 Å². The largest absolute Gasteiger partial charge is 0.384 e. The van der Waals surface area contributed by atoms with Crippen molar-refractivity contribution in [2.24, 2.45) is 0 Å². The highest BCUT2D eigenvalue weighted by molar-refractivity contribution is 5.96. The van der Waals surface area contributed by atoms with Gasteiger partial charge in [-0.3, -0.25) is 9.78 Å². The van der Waals surface area contributed by atoms with Gasteiger partial charge in [0.15, 0.2) is 11.5 Å². The van der Waals surface area contributed by atoms with Crippen molar-refractivity contribution in [2.45, 2.75) is 13.0 Å². The van der Waals surface area contributed by atoms with Crippen LogP contribution in [0.15, 0.2) is 97.3 Å². The maximum absolute atomic E-state index is 13.6. The molecule has 0 bridgehead atoms. The number of aromatic nitrogens is 4. The van der Waals surface area contributed by atoms with Gasteiger partial charge < -0.3 is 10.6 Å². The number of hydrogen-bond donors (Lipinski definition) is 1. The maximum Gasteiger partial charge on any atom is 0.254 e. The maximum atomic E-state index is 13.6. The number of pyridine rings is 2. The van der Waals surface area contributed by atoms with E-state index < -0.39 is 0 Å². The molecule has 1 amide bonds. The first-order chi connectivity index (χ1) is 16.7. The van der Waals surface area contributed by atoms with Crippen molar-refractivity contribution in [3.63, 3.8) is 0 Å². The second kappa shape index (κ2) is 9.54. The molecule has 0 atom stereocenters. The van der Waals surface area contributed by atoms with Crippen LogP contribution >= 0.6 is 0 Å². The number of nitrogen functional groups attached to an aromatic ring is 1. The Balaban J connectivity index is 1.45. The molecule has 5 aromatic rings. The summed E-state index contributed by atoms with van der Waals surface area (Å²) in [4.78, 5) is 24.2. The van der Waals surface area contributed by atoms with Gasteiger partial charge >= 0.3 is 0 Å². The number of fused-ring (bicyclic) bond motifs is 1. The lowest BCUT2D eigenvalue weighted by Gasteiger charge is -2.23. The molecule has 7 heteroatoms. The minimum Gasteiger partial charge on any atom is -0.384 e. The Morgan fingerprint density at radius 1 is 0.912 bits per heavy atom. The Labute approximate surface area is 197 Å². The van der Waals surface area contributed by atoms with Crippen molar-refractivity contribution in [1.29, 1.82) is 0 Å². The van der Waals surface area contributed by atoms with Crippen LogP contribution < -0.4 is 5.73 Å². The highest BCUT2D eigenvalue weighted by Crippen LogP contribution is 2.20. The Hall–Kier alpha value is -4.52. The van der Waals surface area contributed by atoms with Crippen LogP contribution in [0, 0.1) is 0 Å². The van der Waals surface area contributed by atoms with Gasteiger partial charge in [-0.1, -0.05) is 60.7 Å². The number of carbonyl (C=O) groups is 1. The summed E-state index contributed by atoms with van der Waals surface area (Å²) in [6.07, 6.45) is 4.15. The molecule has 0 fully saturated rings. The zero-order valence-electron chi connectivity index (χ0n) is 18.6. The number of amides is 1. The molecule has 0 saturated heterocycles. The fourth-order valence-electron chi connectivity index (χ4n) is 3.90. The molecule has 3 heterocycles. The van der Waals surface area contributed by atoms with E-state index in [1.165, 1.54) is 5.56 Å². The Kier molecular flexibility index (Phi) is 5.99. The van der Waals surface area contributed by atoms with Gasteiger partial charge in [0.05, 0.1) is 0 Å². The number of benzene rings is 2. The van der Waals surface area contributed by atoms with E-state index in [9.17, 15) is 4.79 Å². The number of anilines is 1. The summed E-state index contributed by atoms with van der Waals surface area (Å²) in [5, 5.41) is 4.49. The molecule has 0 aliphatic rings. The van der Waals surface area contributed by atoms with Gasteiger partial charge in [0.2, 0.25) is 0 Å². The lowest BCUT2D eigenvalue weighted by Crippen LogP contribution is -2.32. The first-order valence-corrected chi connectivity index (χ1v) is 11.1. The highest BCUT2D eigenvalue weighted by atomic mass is 16.2. The van der Waals surface area contributed by atoms with Crippen LogP contribution in [0.25, 0.3) is 17.0 Å². The summed E-state index contributed by atoms with van der Waals surface area (Å²) in [6.45, 7) is 1.08. The number of nitrogens with two attached hydrogens (primary N) is 1. The van der Waals surface area contributed by atoms with E-state index in [0.29, 0.717) is 35.9 Å². The molecule has 0 spiro atoms. The third-order valence-corrected chi connectivity index (χ3v) is 5.65. The topological polar surface area (TPSA) is 89.4 Å². The minimum atomic E-state index is -0.0973. The van der Waals surface area contributed by atoms with Crippen LogP contribution in [0.3, 0.4) is 0 Å². The molecule has 34 heavy (non-hydrogen) atoms. The van der Waals surface area contributed by atoms with Gasteiger partial charge in [-0.25, -0.2) is 4.98 Å². The average molecular weight is 449 g/mol. The fourth-order valence-corrected chi connectivity index (χ4v) is 3.90. The second-order valence-electron chi connectivity index (χ2n) is 8.06. The van der Waals surface area contributed by atoms with Crippen molar-refractivity contribution < 1.29 is 4.79 Å². The van der Waals surface area contributed by atoms with Crippen LogP contribution in [-0.4, -0.2) is 36.9 Å². The standard InChI is InChI=1S/C27H24N6O/c28-24-16-23(17-25-30-26(31-33(24)25)22-12-7-14-29-18-22)27(34)32(19-21-10-5-2-6-11-21)15-13-20-8-3-1-4-9-20/h1-12,14,16-18H,13,15,19,28H2. The summed E-state index contributed by atoms with van der Waals surface area (Å²) < 4.78 is 1.55. The van der Waals surface area contributed by atoms with Gasteiger partial charge in [-0.05, 0) is 41.8 Å². The van der Waals surface area contributed by atoms with E-state index in [4.69, 9.17) is 5.73 Å². The second-order valence-corrected chi connectivity index (χ2v) is 8.06. The molecule has 168 valence electrons. The number of nitrogens with zero attached hydrogens (tertiary/aromatic N) is 5. The van der Waals surface area contributed by atoms with Crippen molar-refractivity contribution in [3.8, 4) is 11.4 Å². The van der Waals surface area contributed by atoms with Crippen molar-refractivity contribution in [2.75, 3.05) is 12.3 Å². The van der Waals surface area contributed by atoms with Gasteiger partial charge in [0.1, 0.15) is 5.82 Å². The minimum absolute atomic E-state index is 0.0973. The molecule has 0 aliphatic carbocycles. The third kappa shape index (κ3) is 4.63. The zero-order valence-corrected chi connectivity index (χ0v) is 18.6. The molecular formula is C27H24N6O. The number of carbonyl (C=O) groups excluding carboxylic acids is 1. The Bertz CT molecular complexity index is 1400. The predicted octanol–water partition coefficient (Wildman–Crippen LogP) is 4.26. The van der Waals surface area contributed by atoms with Crippen molar-refractivity contribution in [1.82, 2.24) is 24.5 Å². The van der Waals surface area contributed by atoms with Gasteiger partial charge in [0, 0.05) is 36.6 Å². The van der Waals surface area contributed by atoms with E-state index in [2.05, 4.69) is 27.2 Å². The van der Waals surface area contributed by atoms with Gasteiger partial charge in [0.25, 0.3) is 5.91 Å². The van der Waals surface area contributed by atoms with E-state index in [1.54, 1.807) is 29.0 Å². The van der Waals surface area contributed by atoms with E-state index in [1.807, 2.05) is 65.6 Å². The highest BCUT2D eigenvalue weighted by Gasteiger charge is 2.19. The predicted molar refractivity (Wildman–Crippen MR) is 132 cm³/mol. The van der Waals surface area contributed by atoms with E-state index in [-0.39, 0.29) is 5.91 Å². The summed E-state index contributed by atoms with van der Waals surface area (Å²) >= 11 is 0. The Morgan fingerprint density at radius 2 is 1.65 bits per heavy atom. The third-order valence-electron chi connectivity index (χ3n) is 5.65. The molecule has 0 aliphatic heterocycles. The molecule has 7 nitrogen and oxygen atoms in total. The molecule has 0 saturated carbocycles. The first-order valence-electron chi connectivity index (χ1n) is 11.1. The van der Waals surface area contributed by atoms with Gasteiger partial charge in [-0.2, -0.15) is 4.52 Å². The van der Waals surface area contributed by atoms with Crippen LogP contribution in [0.2, 0.25) is 0 Å². The molecule has 5 rings (SSSR count). The van der Waals surface area contributed by atoms with Crippen molar-refractivity contribution >= 4 is 17.4 Å². The molecule has 0 unspecified atom stereocenters. The molecule has 0 radical (unpaired) electrons. The van der Waals surface area contributed by atoms with Crippen LogP contribution in [-0.2, 0) is 13.0 Å². The molecule has 2 aromatic carbocycles. The summed E-state index contributed by atoms with van der Waals surface area (Å²) in [6, 6.07) is 27.3. The van der Waals surface area contributed by atoms with E-state index in [0.717, 1.165) is 17.5 Å². The van der Waals surface area contributed by atoms with E-state index >= 15 is 0 Å². The fraction of sp³-hybridized carbons (Fsp3) is 0.111.